The molecular weight excluding hydrogens is 292 g/mol. The second kappa shape index (κ2) is 5.96. The van der Waals surface area contributed by atoms with Crippen LogP contribution in [0, 0.1) is 0 Å². The van der Waals surface area contributed by atoms with Crippen LogP contribution in [0.4, 0.5) is 5.69 Å². The molecule has 0 bridgehead atoms. The second-order valence-corrected chi connectivity index (χ2v) is 5.16. The van der Waals surface area contributed by atoms with Crippen LogP contribution in [-0.4, -0.2) is 23.5 Å². The molecule has 0 saturated carbocycles. The van der Waals surface area contributed by atoms with E-state index in [0.29, 0.717) is 28.9 Å². The van der Waals surface area contributed by atoms with Gasteiger partial charge in [0.05, 0.1) is 11.3 Å². The van der Waals surface area contributed by atoms with Gasteiger partial charge in [0.2, 0.25) is 0 Å². The highest BCUT2D eigenvalue weighted by atomic mass is 16.3. The molecule has 116 valence electrons. The van der Waals surface area contributed by atoms with Crippen molar-refractivity contribution in [2.24, 2.45) is 0 Å². The monoisotopic (exact) mass is 308 g/mol. The predicted octanol–water partition coefficient (Wildman–Crippen LogP) is 2.81. The summed E-state index contributed by atoms with van der Waals surface area (Å²) in [5.41, 5.74) is 2.36. The van der Waals surface area contributed by atoms with Gasteiger partial charge >= 0.3 is 0 Å². The summed E-state index contributed by atoms with van der Waals surface area (Å²) in [7, 11) is 0. The van der Waals surface area contributed by atoms with Gasteiger partial charge in [-0.1, -0.05) is 36.4 Å². The van der Waals surface area contributed by atoms with Crippen LogP contribution >= 0.6 is 0 Å². The summed E-state index contributed by atoms with van der Waals surface area (Å²) < 4.78 is 0. The normalized spacial score (nSPS) is 14.9. The van der Waals surface area contributed by atoms with E-state index < -0.39 is 0 Å². The zero-order chi connectivity index (χ0) is 16.4. The SMILES string of the molecule is CCNC(=O)c1ccc2c(c1)NC(=O)/C2=C(\O)c1ccccc1. The van der Waals surface area contributed by atoms with Crippen molar-refractivity contribution in [1.29, 1.82) is 0 Å². The van der Waals surface area contributed by atoms with E-state index in [4.69, 9.17) is 0 Å². The molecule has 0 atom stereocenters. The molecule has 5 heteroatoms. The zero-order valence-corrected chi connectivity index (χ0v) is 12.6. The van der Waals surface area contributed by atoms with Crippen molar-refractivity contribution < 1.29 is 14.7 Å². The van der Waals surface area contributed by atoms with Gasteiger partial charge in [0, 0.05) is 23.2 Å². The molecule has 3 rings (SSSR count). The quantitative estimate of drug-likeness (QED) is 0.602. The van der Waals surface area contributed by atoms with Gasteiger partial charge < -0.3 is 15.7 Å². The van der Waals surface area contributed by atoms with E-state index in [1.54, 1.807) is 42.5 Å². The zero-order valence-electron chi connectivity index (χ0n) is 12.6. The molecule has 0 unspecified atom stereocenters. The van der Waals surface area contributed by atoms with Crippen molar-refractivity contribution in [2.75, 3.05) is 11.9 Å². The van der Waals surface area contributed by atoms with E-state index in [2.05, 4.69) is 10.6 Å². The highest BCUT2D eigenvalue weighted by Crippen LogP contribution is 2.36. The summed E-state index contributed by atoms with van der Waals surface area (Å²) in [5, 5.41) is 15.8. The van der Waals surface area contributed by atoms with E-state index in [1.165, 1.54) is 0 Å². The first-order chi connectivity index (χ1) is 11.1. The molecule has 0 aliphatic carbocycles. The maximum atomic E-state index is 12.2. The number of carbonyl (C=O) groups is 2. The molecule has 0 fully saturated rings. The van der Waals surface area contributed by atoms with Gasteiger partial charge in [-0.15, -0.1) is 0 Å². The van der Waals surface area contributed by atoms with E-state index in [-0.39, 0.29) is 23.1 Å². The van der Waals surface area contributed by atoms with Gasteiger partial charge in [-0.3, -0.25) is 9.59 Å². The predicted molar refractivity (Wildman–Crippen MR) is 89.0 cm³/mol. The molecule has 2 aromatic carbocycles. The Kier molecular flexibility index (Phi) is 3.85. The van der Waals surface area contributed by atoms with Crippen molar-refractivity contribution in [2.45, 2.75) is 6.92 Å². The van der Waals surface area contributed by atoms with Gasteiger partial charge in [-0.2, -0.15) is 0 Å². The largest absolute Gasteiger partial charge is 0.506 e. The number of aliphatic hydroxyl groups excluding tert-OH is 1. The highest BCUT2D eigenvalue weighted by molar-refractivity contribution is 6.36. The van der Waals surface area contributed by atoms with Gasteiger partial charge in [0.25, 0.3) is 11.8 Å². The molecule has 1 aliphatic rings. The Bertz CT molecular complexity index is 810. The minimum Gasteiger partial charge on any atom is -0.506 e. The number of benzene rings is 2. The van der Waals surface area contributed by atoms with Crippen molar-refractivity contribution in [3.05, 3.63) is 65.2 Å². The highest BCUT2D eigenvalue weighted by Gasteiger charge is 2.29. The number of hydrogen-bond donors (Lipinski definition) is 3. The maximum Gasteiger partial charge on any atom is 0.260 e. The van der Waals surface area contributed by atoms with Crippen LogP contribution in [0.3, 0.4) is 0 Å². The molecule has 2 aromatic rings. The van der Waals surface area contributed by atoms with Crippen molar-refractivity contribution >= 4 is 28.8 Å². The first kappa shape index (κ1) is 14.8. The molecule has 0 spiro atoms. The van der Waals surface area contributed by atoms with Gasteiger partial charge in [0.15, 0.2) is 0 Å². The molecule has 0 saturated heterocycles. The van der Waals surface area contributed by atoms with E-state index in [1.807, 2.05) is 13.0 Å². The summed E-state index contributed by atoms with van der Waals surface area (Å²) >= 11 is 0. The average Bonchev–Trinajstić information content (AvgIpc) is 2.90. The average molecular weight is 308 g/mol. The van der Waals surface area contributed by atoms with Crippen LogP contribution in [-0.2, 0) is 4.79 Å². The fourth-order valence-corrected chi connectivity index (χ4v) is 2.55. The van der Waals surface area contributed by atoms with Gasteiger partial charge in [0.1, 0.15) is 5.76 Å². The lowest BCUT2D eigenvalue weighted by molar-refractivity contribution is -0.110. The lowest BCUT2D eigenvalue weighted by atomic mass is 10.0. The minimum absolute atomic E-state index is 0.0763. The Balaban J connectivity index is 2.05. The molecule has 0 radical (unpaired) electrons. The third-order valence-corrected chi connectivity index (χ3v) is 3.65. The molecule has 23 heavy (non-hydrogen) atoms. The molecule has 1 aliphatic heterocycles. The molecule has 3 N–H and O–H groups in total. The second-order valence-electron chi connectivity index (χ2n) is 5.16. The summed E-state index contributed by atoms with van der Waals surface area (Å²) in [6.45, 7) is 2.37. The van der Waals surface area contributed by atoms with Crippen LogP contribution < -0.4 is 10.6 Å². The van der Waals surface area contributed by atoms with Gasteiger partial charge in [-0.25, -0.2) is 0 Å². The van der Waals surface area contributed by atoms with Crippen molar-refractivity contribution in [3.63, 3.8) is 0 Å². The van der Waals surface area contributed by atoms with E-state index >= 15 is 0 Å². The van der Waals surface area contributed by atoms with Crippen LogP contribution in [0.1, 0.15) is 28.4 Å². The molecular formula is C18H16N2O3. The smallest absolute Gasteiger partial charge is 0.260 e. The third kappa shape index (κ3) is 2.68. The fraction of sp³-hybridized carbons (Fsp3) is 0.111. The fourth-order valence-electron chi connectivity index (χ4n) is 2.55. The lowest BCUT2D eigenvalue weighted by Gasteiger charge is -2.06. The Morgan fingerprint density at radius 1 is 1.13 bits per heavy atom. The van der Waals surface area contributed by atoms with Gasteiger partial charge in [-0.05, 0) is 19.1 Å². The summed E-state index contributed by atoms with van der Waals surface area (Å²) in [6, 6.07) is 13.8. The van der Waals surface area contributed by atoms with Crippen LogP contribution in [0.5, 0.6) is 0 Å². The van der Waals surface area contributed by atoms with Crippen LogP contribution in [0.25, 0.3) is 11.3 Å². The molecule has 5 nitrogen and oxygen atoms in total. The van der Waals surface area contributed by atoms with E-state index in [9.17, 15) is 14.7 Å². The Morgan fingerprint density at radius 3 is 2.57 bits per heavy atom. The molecule has 2 amide bonds. The number of amides is 2. The Hall–Kier alpha value is -3.08. The third-order valence-electron chi connectivity index (χ3n) is 3.65. The standard InChI is InChI=1S/C18H16N2O3/c1-2-19-17(22)12-8-9-13-14(10-12)20-18(23)15(13)16(21)11-6-4-3-5-7-11/h3-10,21H,2H2,1H3,(H,19,22)(H,20,23)/b16-15-. The topological polar surface area (TPSA) is 78.4 Å². The summed E-state index contributed by atoms with van der Waals surface area (Å²) in [4.78, 5) is 24.1. The van der Waals surface area contributed by atoms with Crippen molar-refractivity contribution in [1.82, 2.24) is 5.32 Å². The summed E-state index contributed by atoms with van der Waals surface area (Å²) in [5.74, 6) is -0.656. The Morgan fingerprint density at radius 2 is 1.87 bits per heavy atom. The Labute approximate surface area is 133 Å². The molecule has 0 aromatic heterocycles. The number of aliphatic hydroxyl groups is 1. The minimum atomic E-state index is -0.380. The number of anilines is 1. The van der Waals surface area contributed by atoms with Crippen molar-refractivity contribution in [3.8, 4) is 0 Å². The van der Waals surface area contributed by atoms with Crippen LogP contribution in [0.2, 0.25) is 0 Å². The number of hydrogen-bond acceptors (Lipinski definition) is 3. The first-order valence-electron chi connectivity index (χ1n) is 7.34. The maximum absolute atomic E-state index is 12.2. The van der Waals surface area contributed by atoms with Crippen LogP contribution in [0.15, 0.2) is 48.5 Å². The number of carbonyl (C=O) groups excluding carboxylic acids is 2. The molecule has 1 heterocycles. The summed E-state index contributed by atoms with van der Waals surface area (Å²) in [6.07, 6.45) is 0. The number of nitrogens with one attached hydrogen (secondary N) is 2. The van der Waals surface area contributed by atoms with E-state index in [0.717, 1.165) is 0 Å². The first-order valence-corrected chi connectivity index (χ1v) is 7.34. The lowest BCUT2D eigenvalue weighted by Crippen LogP contribution is -2.22. The number of fused-ring (bicyclic) bond motifs is 1. The number of rotatable bonds is 3.